The van der Waals surface area contributed by atoms with Gasteiger partial charge in [-0.2, -0.15) is 11.8 Å². The van der Waals surface area contributed by atoms with Gasteiger partial charge >= 0.3 is 5.82 Å². The first-order valence-corrected chi connectivity index (χ1v) is 6.36. The molecule has 1 aromatic heterocycles. The molecule has 96 valence electrons. The third-order valence-electron chi connectivity index (χ3n) is 2.50. The summed E-state index contributed by atoms with van der Waals surface area (Å²) in [7, 11) is 1.68. The number of rotatable bonds is 6. The van der Waals surface area contributed by atoms with Crippen molar-refractivity contribution in [3.63, 3.8) is 0 Å². The SMILES string of the molecule is CS[C@H](CO)[C@H](C)Nc1c([N+](=O)[O-])ncn1C. The highest BCUT2D eigenvalue weighted by Gasteiger charge is 2.24. The van der Waals surface area contributed by atoms with E-state index in [-0.39, 0.29) is 23.7 Å². The second-order valence-electron chi connectivity index (χ2n) is 3.67. The third kappa shape index (κ3) is 3.10. The molecule has 0 fully saturated rings. The average Bonchev–Trinajstić information content (AvgIpc) is 2.62. The van der Waals surface area contributed by atoms with E-state index in [0.717, 1.165) is 0 Å². The Balaban J connectivity index is 2.87. The number of aromatic nitrogens is 2. The second-order valence-corrected chi connectivity index (χ2v) is 4.75. The number of hydrogen-bond donors (Lipinski definition) is 2. The molecule has 1 heterocycles. The number of hydrogen-bond acceptors (Lipinski definition) is 6. The molecule has 0 saturated heterocycles. The van der Waals surface area contributed by atoms with E-state index in [1.54, 1.807) is 11.6 Å². The Bertz CT molecular complexity index is 392. The number of anilines is 1. The molecule has 0 aliphatic carbocycles. The highest BCUT2D eigenvalue weighted by Crippen LogP contribution is 2.24. The Morgan fingerprint density at radius 1 is 1.76 bits per heavy atom. The molecule has 7 nitrogen and oxygen atoms in total. The van der Waals surface area contributed by atoms with Crippen LogP contribution in [0.3, 0.4) is 0 Å². The Hall–Kier alpha value is -1.28. The summed E-state index contributed by atoms with van der Waals surface area (Å²) >= 11 is 1.51. The predicted molar refractivity (Wildman–Crippen MR) is 67.3 cm³/mol. The Kier molecular flexibility index (Phi) is 4.76. The van der Waals surface area contributed by atoms with Crippen LogP contribution >= 0.6 is 11.8 Å². The highest BCUT2D eigenvalue weighted by molar-refractivity contribution is 7.99. The van der Waals surface area contributed by atoms with Crippen LogP contribution in [0.25, 0.3) is 0 Å². The smallest absolute Gasteiger partial charge is 0.395 e. The number of nitrogens with one attached hydrogen (secondary N) is 1. The van der Waals surface area contributed by atoms with Crippen LogP contribution in [0.1, 0.15) is 6.92 Å². The van der Waals surface area contributed by atoms with Crippen molar-refractivity contribution in [3.05, 3.63) is 16.4 Å². The van der Waals surface area contributed by atoms with Gasteiger partial charge in [-0.1, -0.05) is 0 Å². The molecule has 0 aromatic carbocycles. The van der Waals surface area contributed by atoms with Crippen LogP contribution in [0.15, 0.2) is 6.33 Å². The molecule has 0 spiro atoms. The lowest BCUT2D eigenvalue weighted by Crippen LogP contribution is -2.31. The van der Waals surface area contributed by atoms with E-state index < -0.39 is 4.92 Å². The van der Waals surface area contributed by atoms with Crippen molar-refractivity contribution < 1.29 is 10.0 Å². The van der Waals surface area contributed by atoms with Crippen LogP contribution in [0.5, 0.6) is 0 Å². The monoisotopic (exact) mass is 260 g/mol. The molecular weight excluding hydrogens is 244 g/mol. The molecule has 0 unspecified atom stereocenters. The number of nitro groups is 1. The van der Waals surface area contributed by atoms with Crippen molar-refractivity contribution in [2.24, 2.45) is 7.05 Å². The number of aliphatic hydroxyl groups excluding tert-OH is 1. The van der Waals surface area contributed by atoms with Crippen molar-refractivity contribution in [2.45, 2.75) is 18.2 Å². The fourth-order valence-electron chi connectivity index (χ4n) is 1.46. The molecule has 0 saturated carbocycles. The van der Waals surface area contributed by atoms with E-state index >= 15 is 0 Å². The number of thioether (sulfide) groups is 1. The summed E-state index contributed by atoms with van der Waals surface area (Å²) in [4.78, 5) is 13.9. The first-order valence-electron chi connectivity index (χ1n) is 5.07. The zero-order valence-corrected chi connectivity index (χ0v) is 10.8. The summed E-state index contributed by atoms with van der Waals surface area (Å²) in [6.45, 7) is 1.88. The molecule has 8 heteroatoms. The lowest BCUT2D eigenvalue weighted by molar-refractivity contribution is -0.388. The predicted octanol–water partition coefficient (Wildman–Crippen LogP) is 0.853. The van der Waals surface area contributed by atoms with Gasteiger partial charge in [0.1, 0.15) is 0 Å². The third-order valence-corrected chi connectivity index (χ3v) is 3.66. The van der Waals surface area contributed by atoms with Gasteiger partial charge in [0.25, 0.3) is 0 Å². The van der Waals surface area contributed by atoms with Crippen LogP contribution < -0.4 is 5.32 Å². The van der Waals surface area contributed by atoms with Crippen LogP contribution in [-0.4, -0.2) is 43.7 Å². The van der Waals surface area contributed by atoms with Gasteiger partial charge in [-0.3, -0.25) is 4.57 Å². The largest absolute Gasteiger partial charge is 0.406 e. The molecule has 0 aliphatic heterocycles. The minimum atomic E-state index is -0.526. The fraction of sp³-hybridized carbons (Fsp3) is 0.667. The van der Waals surface area contributed by atoms with Gasteiger partial charge in [-0.15, -0.1) is 0 Å². The van der Waals surface area contributed by atoms with Crippen LogP contribution in [0, 0.1) is 10.1 Å². The maximum Gasteiger partial charge on any atom is 0.406 e. The second kappa shape index (κ2) is 5.87. The summed E-state index contributed by atoms with van der Waals surface area (Å²) in [5.41, 5.74) is 0. The van der Waals surface area contributed by atoms with E-state index in [1.807, 2.05) is 13.2 Å². The Morgan fingerprint density at radius 3 is 2.88 bits per heavy atom. The van der Waals surface area contributed by atoms with E-state index in [1.165, 1.54) is 18.1 Å². The van der Waals surface area contributed by atoms with Gasteiger partial charge in [0.2, 0.25) is 12.1 Å². The first kappa shape index (κ1) is 13.8. The topological polar surface area (TPSA) is 93.2 Å². The highest BCUT2D eigenvalue weighted by atomic mass is 32.2. The normalized spacial score (nSPS) is 14.4. The molecule has 0 bridgehead atoms. The standard InChI is InChI=1S/C9H16N4O3S/c1-6(7(4-14)17-3)11-9-8(13(15)16)10-5-12(9)2/h5-7,11,14H,4H2,1-3H3/t6-,7+/m0/s1. The van der Waals surface area contributed by atoms with E-state index in [9.17, 15) is 10.1 Å². The molecule has 17 heavy (non-hydrogen) atoms. The van der Waals surface area contributed by atoms with Gasteiger partial charge < -0.3 is 20.5 Å². The van der Waals surface area contributed by atoms with E-state index in [2.05, 4.69) is 10.3 Å². The molecule has 0 aliphatic rings. The summed E-state index contributed by atoms with van der Waals surface area (Å²) in [6.07, 6.45) is 3.27. The number of nitrogens with zero attached hydrogens (tertiary/aromatic N) is 3. The quantitative estimate of drug-likeness (QED) is 0.582. The zero-order chi connectivity index (χ0) is 13.0. The van der Waals surface area contributed by atoms with Crippen molar-refractivity contribution in [1.82, 2.24) is 9.55 Å². The van der Waals surface area contributed by atoms with Gasteiger partial charge in [0.15, 0.2) is 0 Å². The van der Waals surface area contributed by atoms with Crippen molar-refractivity contribution in [2.75, 3.05) is 18.2 Å². The lowest BCUT2D eigenvalue weighted by atomic mass is 10.2. The van der Waals surface area contributed by atoms with Crippen molar-refractivity contribution in [1.29, 1.82) is 0 Å². The molecule has 1 rings (SSSR count). The number of aryl methyl sites for hydroxylation is 1. The molecule has 1 aromatic rings. The van der Waals surface area contributed by atoms with Gasteiger partial charge in [-0.25, -0.2) is 0 Å². The molecule has 0 radical (unpaired) electrons. The Morgan fingerprint density at radius 2 is 2.41 bits per heavy atom. The summed E-state index contributed by atoms with van der Waals surface area (Å²) in [6, 6.07) is -0.0934. The van der Waals surface area contributed by atoms with Crippen LogP contribution in [0.4, 0.5) is 11.6 Å². The van der Waals surface area contributed by atoms with Gasteiger partial charge in [0.05, 0.1) is 6.61 Å². The van der Waals surface area contributed by atoms with E-state index in [4.69, 9.17) is 5.11 Å². The van der Waals surface area contributed by atoms with E-state index in [0.29, 0.717) is 5.82 Å². The minimum Gasteiger partial charge on any atom is -0.395 e. The number of imidazole rings is 1. The van der Waals surface area contributed by atoms with Gasteiger partial charge in [-0.05, 0) is 23.1 Å². The van der Waals surface area contributed by atoms with Crippen molar-refractivity contribution in [3.8, 4) is 0 Å². The zero-order valence-electron chi connectivity index (χ0n) is 9.95. The van der Waals surface area contributed by atoms with Crippen LogP contribution in [-0.2, 0) is 7.05 Å². The van der Waals surface area contributed by atoms with Crippen molar-refractivity contribution >= 4 is 23.4 Å². The molecule has 2 N–H and O–H groups in total. The van der Waals surface area contributed by atoms with Gasteiger partial charge in [0, 0.05) is 18.3 Å². The summed E-state index contributed by atoms with van der Waals surface area (Å²) in [5, 5.41) is 22.9. The minimum absolute atomic E-state index is 0.0149. The Labute approximate surface area is 103 Å². The fourth-order valence-corrected chi connectivity index (χ4v) is 2.09. The maximum absolute atomic E-state index is 10.8. The molecule has 2 atom stereocenters. The molecular formula is C9H16N4O3S. The first-order chi connectivity index (χ1) is 8.01. The van der Waals surface area contributed by atoms with Crippen LogP contribution in [0.2, 0.25) is 0 Å². The number of aliphatic hydroxyl groups is 1. The summed E-state index contributed by atoms with van der Waals surface area (Å²) in [5.74, 6) is 0.159. The maximum atomic E-state index is 10.8. The lowest BCUT2D eigenvalue weighted by Gasteiger charge is -2.21. The summed E-state index contributed by atoms with van der Waals surface area (Å²) < 4.78 is 1.56. The average molecular weight is 260 g/mol. The molecule has 0 amide bonds.